The minimum Gasteiger partial charge on any atom is -0.356 e. The largest absolute Gasteiger partial charge is 0.356 e. The number of nitrogens with one attached hydrogen (secondary N) is 2. The van der Waals surface area contributed by atoms with Gasteiger partial charge in [-0.15, -0.1) is 0 Å². The molecule has 0 saturated carbocycles. The van der Waals surface area contributed by atoms with Crippen LogP contribution in [0.3, 0.4) is 0 Å². The molecule has 0 aliphatic heterocycles. The first-order valence-corrected chi connectivity index (χ1v) is 16.2. The molecule has 0 unspecified atom stereocenters. The van der Waals surface area contributed by atoms with E-state index in [1.54, 1.807) is 0 Å². The molecule has 0 fully saturated rings. The van der Waals surface area contributed by atoms with E-state index in [9.17, 15) is 9.59 Å². The molecule has 0 aromatic rings. The Labute approximate surface area is 225 Å². The zero-order valence-corrected chi connectivity index (χ0v) is 24.6. The summed E-state index contributed by atoms with van der Waals surface area (Å²) in [4.78, 5) is 23.8. The van der Waals surface area contributed by atoms with E-state index in [4.69, 9.17) is 0 Å². The second kappa shape index (κ2) is 30.2. The smallest absolute Gasteiger partial charge is 0.219 e. The van der Waals surface area contributed by atoms with Gasteiger partial charge in [-0.1, -0.05) is 142 Å². The normalized spacial score (nSPS) is 11.1. The molecule has 36 heavy (non-hydrogen) atoms. The third-order valence-electron chi connectivity index (χ3n) is 7.26. The lowest BCUT2D eigenvalue weighted by molar-refractivity contribution is -0.122. The van der Waals surface area contributed by atoms with Crippen LogP contribution in [0.5, 0.6) is 0 Å². The molecule has 0 rings (SSSR count). The molecule has 4 nitrogen and oxygen atoms in total. The number of hydrogen-bond donors (Lipinski definition) is 2. The van der Waals surface area contributed by atoms with Gasteiger partial charge in [0, 0.05) is 25.9 Å². The number of rotatable bonds is 29. The summed E-state index contributed by atoms with van der Waals surface area (Å²) in [6, 6.07) is 0. The molecule has 2 N–H and O–H groups in total. The topological polar surface area (TPSA) is 58.2 Å². The molecule has 0 aliphatic rings. The van der Waals surface area contributed by atoms with Gasteiger partial charge in [-0.05, 0) is 25.7 Å². The quantitative estimate of drug-likeness (QED) is 0.0988. The van der Waals surface area contributed by atoms with Gasteiger partial charge >= 0.3 is 0 Å². The van der Waals surface area contributed by atoms with Crippen molar-refractivity contribution in [3.8, 4) is 0 Å². The first-order valence-electron chi connectivity index (χ1n) is 16.2. The Morgan fingerprint density at radius 2 is 0.611 bits per heavy atom. The standard InChI is InChI=1S/C32H64N2O2/c1-3-5-7-9-11-15-19-23-27-31(35)33-29-25-21-17-13-14-18-22-26-30-34-32(36)28-24-20-16-12-10-8-6-4-2/h3-30H2,1-2H3,(H,33,35)(H,34,36). The van der Waals surface area contributed by atoms with Gasteiger partial charge in [-0.25, -0.2) is 0 Å². The molecule has 2 amide bonds. The van der Waals surface area contributed by atoms with Gasteiger partial charge in [0.2, 0.25) is 11.8 Å². The van der Waals surface area contributed by atoms with Crippen molar-refractivity contribution in [3.05, 3.63) is 0 Å². The lowest BCUT2D eigenvalue weighted by atomic mass is 10.1. The average molecular weight is 509 g/mol. The maximum absolute atomic E-state index is 11.9. The van der Waals surface area contributed by atoms with Crippen molar-refractivity contribution >= 4 is 11.8 Å². The van der Waals surface area contributed by atoms with Gasteiger partial charge in [0.05, 0.1) is 0 Å². The molecule has 0 heterocycles. The first-order chi connectivity index (χ1) is 17.7. The van der Waals surface area contributed by atoms with Crippen LogP contribution in [0.25, 0.3) is 0 Å². The van der Waals surface area contributed by atoms with Gasteiger partial charge in [-0.2, -0.15) is 0 Å². The van der Waals surface area contributed by atoms with E-state index in [1.165, 1.54) is 128 Å². The van der Waals surface area contributed by atoms with Crippen LogP contribution in [0.1, 0.15) is 181 Å². The van der Waals surface area contributed by atoms with Gasteiger partial charge < -0.3 is 10.6 Å². The predicted molar refractivity (Wildman–Crippen MR) is 157 cm³/mol. The van der Waals surface area contributed by atoms with Crippen LogP contribution in [0.15, 0.2) is 0 Å². The number of unbranched alkanes of at least 4 members (excludes halogenated alkanes) is 21. The fourth-order valence-electron chi connectivity index (χ4n) is 4.78. The molecule has 4 heteroatoms. The third-order valence-corrected chi connectivity index (χ3v) is 7.26. The minimum atomic E-state index is 0.242. The summed E-state index contributed by atoms with van der Waals surface area (Å²) < 4.78 is 0. The van der Waals surface area contributed by atoms with Gasteiger partial charge in [-0.3, -0.25) is 9.59 Å². The van der Waals surface area contributed by atoms with Crippen LogP contribution in [0.2, 0.25) is 0 Å². The highest BCUT2D eigenvalue weighted by molar-refractivity contribution is 5.76. The predicted octanol–water partition coefficient (Wildman–Crippen LogP) is 9.40. The summed E-state index contributed by atoms with van der Waals surface area (Å²) in [6.45, 7) is 6.19. The Balaban J connectivity index is 3.22. The SMILES string of the molecule is CCCCCCCCCCC(=O)NCCCCCCCCCCNC(=O)CCCCCCCCCC. The highest BCUT2D eigenvalue weighted by atomic mass is 16.2. The molecule has 0 aliphatic carbocycles. The third kappa shape index (κ3) is 29.2. The van der Waals surface area contributed by atoms with Crippen molar-refractivity contribution in [2.75, 3.05) is 13.1 Å². The van der Waals surface area contributed by atoms with Crippen LogP contribution < -0.4 is 10.6 Å². The molecule has 214 valence electrons. The second-order valence-electron chi connectivity index (χ2n) is 11.0. The Morgan fingerprint density at radius 3 is 0.917 bits per heavy atom. The van der Waals surface area contributed by atoms with Gasteiger partial charge in [0.15, 0.2) is 0 Å². The number of hydrogen-bond acceptors (Lipinski definition) is 2. The number of carbonyl (C=O) groups is 2. The molecule has 0 aromatic heterocycles. The van der Waals surface area contributed by atoms with E-state index < -0.39 is 0 Å². The highest BCUT2D eigenvalue weighted by Gasteiger charge is 2.02. The summed E-state index contributed by atoms with van der Waals surface area (Å²) in [7, 11) is 0. The van der Waals surface area contributed by atoms with Crippen molar-refractivity contribution in [1.82, 2.24) is 10.6 Å². The molecule has 0 radical (unpaired) electrons. The summed E-state index contributed by atoms with van der Waals surface area (Å²) in [5.41, 5.74) is 0. The van der Waals surface area contributed by atoms with Crippen LogP contribution in [-0.4, -0.2) is 24.9 Å². The van der Waals surface area contributed by atoms with E-state index in [-0.39, 0.29) is 11.8 Å². The van der Waals surface area contributed by atoms with E-state index in [0.717, 1.165) is 38.8 Å². The monoisotopic (exact) mass is 508 g/mol. The lowest BCUT2D eigenvalue weighted by Gasteiger charge is -2.06. The maximum Gasteiger partial charge on any atom is 0.219 e. The molecule has 0 aromatic carbocycles. The Bertz CT molecular complexity index is 425. The van der Waals surface area contributed by atoms with Crippen LogP contribution in [0.4, 0.5) is 0 Å². The molecule has 0 atom stereocenters. The molecule has 0 spiro atoms. The molecular formula is C32H64N2O2. The zero-order chi connectivity index (χ0) is 26.4. The number of carbonyl (C=O) groups excluding carboxylic acids is 2. The molecule has 0 bridgehead atoms. The zero-order valence-electron chi connectivity index (χ0n) is 24.6. The average Bonchev–Trinajstić information content (AvgIpc) is 2.87. The Kier molecular flexibility index (Phi) is 29.3. The van der Waals surface area contributed by atoms with Gasteiger partial charge in [0.25, 0.3) is 0 Å². The van der Waals surface area contributed by atoms with Crippen molar-refractivity contribution in [2.24, 2.45) is 0 Å². The van der Waals surface area contributed by atoms with E-state index in [0.29, 0.717) is 12.8 Å². The van der Waals surface area contributed by atoms with Crippen molar-refractivity contribution in [1.29, 1.82) is 0 Å². The maximum atomic E-state index is 11.9. The van der Waals surface area contributed by atoms with Crippen molar-refractivity contribution in [3.63, 3.8) is 0 Å². The van der Waals surface area contributed by atoms with Crippen molar-refractivity contribution in [2.45, 2.75) is 181 Å². The fourth-order valence-corrected chi connectivity index (χ4v) is 4.78. The van der Waals surface area contributed by atoms with Gasteiger partial charge in [0.1, 0.15) is 0 Å². The fraction of sp³-hybridized carbons (Fsp3) is 0.938. The van der Waals surface area contributed by atoms with E-state index >= 15 is 0 Å². The molecule has 0 saturated heterocycles. The van der Waals surface area contributed by atoms with Crippen LogP contribution in [-0.2, 0) is 9.59 Å². The van der Waals surface area contributed by atoms with E-state index in [1.807, 2.05) is 0 Å². The Morgan fingerprint density at radius 1 is 0.361 bits per heavy atom. The van der Waals surface area contributed by atoms with Crippen LogP contribution in [0, 0.1) is 0 Å². The summed E-state index contributed by atoms with van der Waals surface area (Å²) in [5.74, 6) is 0.483. The summed E-state index contributed by atoms with van der Waals surface area (Å²) in [6.07, 6.45) is 31.7. The minimum absolute atomic E-state index is 0.242. The number of amides is 2. The summed E-state index contributed by atoms with van der Waals surface area (Å²) in [5, 5.41) is 6.18. The van der Waals surface area contributed by atoms with E-state index in [2.05, 4.69) is 24.5 Å². The van der Waals surface area contributed by atoms with Crippen molar-refractivity contribution < 1.29 is 9.59 Å². The second-order valence-corrected chi connectivity index (χ2v) is 11.0. The Hall–Kier alpha value is -1.06. The lowest BCUT2D eigenvalue weighted by Crippen LogP contribution is -2.24. The first kappa shape index (κ1) is 34.9. The summed E-state index contributed by atoms with van der Waals surface area (Å²) >= 11 is 0. The highest BCUT2D eigenvalue weighted by Crippen LogP contribution is 2.11. The van der Waals surface area contributed by atoms with Crippen LogP contribution >= 0.6 is 0 Å². The molecular weight excluding hydrogens is 444 g/mol.